The summed E-state index contributed by atoms with van der Waals surface area (Å²) in [7, 11) is 5.36. The van der Waals surface area contributed by atoms with Gasteiger partial charge >= 0.3 is 11.9 Å². The minimum Gasteiger partial charge on any atom is -0.466 e. The first kappa shape index (κ1) is 28.4. The molecule has 7 heteroatoms. The Balaban J connectivity index is -0.000000326. The molecule has 0 saturated heterocycles. The zero-order chi connectivity index (χ0) is 21.1. The number of nitrogens with zero attached hydrogens (tertiary/aromatic N) is 1. The van der Waals surface area contributed by atoms with Crippen LogP contribution in [-0.2, 0) is 23.9 Å². The fourth-order valence-corrected chi connectivity index (χ4v) is 1.12. The Kier molecular flexibility index (Phi) is 20.7. The van der Waals surface area contributed by atoms with Crippen LogP contribution in [0.4, 0.5) is 0 Å². The summed E-state index contributed by atoms with van der Waals surface area (Å²) < 4.78 is 8.71. The molecule has 0 aromatic heterocycles. The Morgan fingerprint density at radius 1 is 1.12 bits per heavy atom. The molecule has 0 spiro atoms. The number of carbonyl (C=O) groups excluding carboxylic acids is 3. The maximum atomic E-state index is 11.0. The van der Waals surface area contributed by atoms with Gasteiger partial charge in [-0.05, 0) is 47.8 Å². The predicted molar refractivity (Wildman–Crippen MR) is 105 cm³/mol. The number of ether oxygens (including phenoxy) is 2. The second-order valence-corrected chi connectivity index (χ2v) is 5.42. The first-order valence-corrected chi connectivity index (χ1v) is 8.14. The van der Waals surface area contributed by atoms with Crippen LogP contribution in [0.1, 0.15) is 27.2 Å². The molecule has 0 atom stereocenters. The number of methoxy groups -OCH3 is 1. The van der Waals surface area contributed by atoms with E-state index in [1.807, 2.05) is 14.1 Å². The van der Waals surface area contributed by atoms with Crippen LogP contribution in [0.3, 0.4) is 0 Å². The summed E-state index contributed by atoms with van der Waals surface area (Å²) in [5, 5.41) is 2.77. The van der Waals surface area contributed by atoms with Crippen molar-refractivity contribution in [1.82, 2.24) is 10.2 Å². The summed E-state index contributed by atoms with van der Waals surface area (Å²) in [6.07, 6.45) is 2.12. The molecule has 0 radical (unpaired) electrons. The predicted octanol–water partition coefficient (Wildman–Crippen LogP) is 2.10. The Bertz CT molecular complexity index is 469. The van der Waals surface area contributed by atoms with Crippen LogP contribution in [0.15, 0.2) is 37.0 Å². The van der Waals surface area contributed by atoms with E-state index in [2.05, 4.69) is 39.4 Å². The topological polar surface area (TPSA) is 84.9 Å². The molecule has 1 amide bonds. The fraction of sp³-hybridized carbons (Fsp3) is 0.526. The van der Waals surface area contributed by atoms with Gasteiger partial charge < -0.3 is 19.7 Å². The molecule has 0 aromatic rings. The first-order chi connectivity index (χ1) is 12.0. The molecule has 0 saturated carbocycles. The largest absolute Gasteiger partial charge is 0.466 e. The van der Waals surface area contributed by atoms with Crippen LogP contribution in [0.5, 0.6) is 0 Å². The monoisotopic (exact) mass is 370 g/mol. The van der Waals surface area contributed by atoms with E-state index in [9.17, 15) is 14.4 Å². The van der Waals surface area contributed by atoms with Gasteiger partial charge in [0.15, 0.2) is 0 Å². The van der Waals surface area contributed by atoms with Crippen LogP contribution in [0.25, 0.3) is 0 Å². The van der Waals surface area contributed by atoms with E-state index in [0.29, 0.717) is 17.8 Å². The van der Waals surface area contributed by atoms with Gasteiger partial charge in [0.2, 0.25) is 5.91 Å². The van der Waals surface area contributed by atoms with Gasteiger partial charge in [-0.25, -0.2) is 9.59 Å². The minimum absolute atomic E-state index is 0.0474. The van der Waals surface area contributed by atoms with Gasteiger partial charge in [0, 0.05) is 23.8 Å². The zero-order valence-corrected chi connectivity index (χ0v) is 17.0. The maximum Gasteiger partial charge on any atom is 0.332 e. The van der Waals surface area contributed by atoms with Crippen LogP contribution in [-0.4, -0.2) is 63.6 Å². The summed E-state index contributed by atoms with van der Waals surface area (Å²) in [6, 6.07) is 0. The smallest absolute Gasteiger partial charge is 0.332 e. The summed E-state index contributed by atoms with van der Waals surface area (Å²) in [6.45, 7) is 17.3. The van der Waals surface area contributed by atoms with Gasteiger partial charge in [0.05, 0.1) is 13.7 Å². The second kappa shape index (κ2) is 18.9. The van der Waals surface area contributed by atoms with E-state index in [1.54, 1.807) is 20.8 Å². The van der Waals surface area contributed by atoms with E-state index in [1.165, 1.54) is 7.11 Å². The number of nitrogens with one attached hydrogen (secondary N) is 1. The van der Waals surface area contributed by atoms with Gasteiger partial charge in [-0.3, -0.25) is 4.79 Å². The van der Waals surface area contributed by atoms with Crippen LogP contribution in [0.2, 0.25) is 0 Å². The van der Waals surface area contributed by atoms with E-state index in [-0.39, 0.29) is 17.8 Å². The fourth-order valence-electron chi connectivity index (χ4n) is 1.12. The number of rotatable bonds is 8. The minimum atomic E-state index is -0.359. The molecular formula is C19H34N2O5. The molecular weight excluding hydrogens is 336 g/mol. The third-order valence-electron chi connectivity index (χ3n) is 2.44. The van der Waals surface area contributed by atoms with E-state index in [0.717, 1.165) is 25.6 Å². The number of hydrogen-bond donors (Lipinski definition) is 1. The molecule has 1 N–H and O–H groups in total. The van der Waals surface area contributed by atoms with Crippen LogP contribution in [0, 0.1) is 0 Å². The van der Waals surface area contributed by atoms with Crippen molar-refractivity contribution in [3.8, 4) is 0 Å². The van der Waals surface area contributed by atoms with Crippen LogP contribution >= 0.6 is 0 Å². The van der Waals surface area contributed by atoms with E-state index < -0.39 is 0 Å². The quantitative estimate of drug-likeness (QED) is 0.400. The van der Waals surface area contributed by atoms with Gasteiger partial charge in [-0.15, -0.1) is 0 Å². The SMILES string of the molecule is C=C(C)C(=O)NCCCN(C)C.C=C(C)C(=O)OC.C=CC(=O)OCC. The number of hydrogen-bond acceptors (Lipinski definition) is 6. The van der Waals surface area contributed by atoms with Gasteiger partial charge in [0.1, 0.15) is 0 Å². The van der Waals surface area contributed by atoms with E-state index in [4.69, 9.17) is 0 Å². The summed E-state index contributed by atoms with van der Waals surface area (Å²) in [5.74, 6) is -0.753. The number of amides is 1. The van der Waals surface area contributed by atoms with Gasteiger partial charge in [-0.1, -0.05) is 19.7 Å². The molecule has 0 aliphatic carbocycles. The highest BCUT2D eigenvalue weighted by atomic mass is 16.5. The van der Waals surface area contributed by atoms with E-state index >= 15 is 0 Å². The molecule has 0 aliphatic rings. The molecule has 150 valence electrons. The lowest BCUT2D eigenvalue weighted by Gasteiger charge is -2.09. The van der Waals surface area contributed by atoms with Crippen LogP contribution < -0.4 is 5.32 Å². The summed E-state index contributed by atoms with van der Waals surface area (Å²) >= 11 is 0. The lowest BCUT2D eigenvalue weighted by atomic mass is 10.3. The Labute approximate surface area is 157 Å². The molecule has 26 heavy (non-hydrogen) atoms. The molecule has 0 heterocycles. The maximum absolute atomic E-state index is 11.0. The van der Waals surface area contributed by atoms with Crippen molar-refractivity contribution < 1.29 is 23.9 Å². The van der Waals surface area contributed by atoms with Crippen molar-refractivity contribution in [3.05, 3.63) is 37.0 Å². The van der Waals surface area contributed by atoms with Crippen molar-refractivity contribution in [2.24, 2.45) is 0 Å². The highest BCUT2D eigenvalue weighted by Crippen LogP contribution is 1.87. The molecule has 0 aromatic carbocycles. The third-order valence-corrected chi connectivity index (χ3v) is 2.44. The van der Waals surface area contributed by atoms with Crippen molar-refractivity contribution >= 4 is 17.8 Å². The Morgan fingerprint density at radius 3 is 1.88 bits per heavy atom. The summed E-state index contributed by atoms with van der Waals surface area (Å²) in [5.41, 5.74) is 1.00. The van der Waals surface area contributed by atoms with Gasteiger partial charge in [0.25, 0.3) is 0 Å². The summed E-state index contributed by atoms with van der Waals surface area (Å²) in [4.78, 5) is 33.3. The lowest BCUT2D eigenvalue weighted by molar-refractivity contribution is -0.137. The Morgan fingerprint density at radius 2 is 1.65 bits per heavy atom. The molecule has 7 nitrogen and oxygen atoms in total. The normalized spacial score (nSPS) is 8.73. The molecule has 0 rings (SSSR count). The number of carbonyl (C=O) groups is 3. The zero-order valence-electron chi connectivity index (χ0n) is 17.0. The highest BCUT2D eigenvalue weighted by molar-refractivity contribution is 5.92. The molecule has 0 fully saturated rings. The standard InChI is InChI=1S/C9H18N2O.2C5H8O2/c1-8(2)9(12)10-6-5-7-11(3)4;1-4(2)5(6)7-3;1-3-5(6)7-4-2/h1,5-7H2,2-4H3,(H,10,12);1H2,2-3H3;3H,1,4H2,2H3. The molecule has 0 unspecified atom stereocenters. The van der Waals surface area contributed by atoms with Crippen molar-refractivity contribution in [2.45, 2.75) is 27.2 Å². The van der Waals surface area contributed by atoms with Crippen molar-refractivity contribution in [2.75, 3.05) is 40.9 Å². The third kappa shape index (κ3) is 23.9. The van der Waals surface area contributed by atoms with Crippen molar-refractivity contribution in [3.63, 3.8) is 0 Å². The number of esters is 2. The van der Waals surface area contributed by atoms with Gasteiger partial charge in [-0.2, -0.15) is 0 Å². The van der Waals surface area contributed by atoms with Crippen molar-refractivity contribution in [1.29, 1.82) is 0 Å². The second-order valence-electron chi connectivity index (χ2n) is 5.42. The average Bonchev–Trinajstić information content (AvgIpc) is 2.58. The highest BCUT2D eigenvalue weighted by Gasteiger charge is 1.99. The average molecular weight is 370 g/mol. The first-order valence-electron chi connectivity index (χ1n) is 8.14. The molecule has 0 aliphatic heterocycles. The Hall–Kier alpha value is -2.41. The lowest BCUT2D eigenvalue weighted by Crippen LogP contribution is -2.27. The molecule has 0 bridgehead atoms.